The third-order valence-electron chi connectivity index (χ3n) is 4.27. The average molecular weight is 355 g/mol. The van der Waals surface area contributed by atoms with Crippen LogP contribution in [0, 0.1) is 5.82 Å². The lowest BCUT2D eigenvalue weighted by Gasteiger charge is -2.05. The van der Waals surface area contributed by atoms with E-state index in [1.54, 1.807) is 6.92 Å². The lowest BCUT2D eigenvalue weighted by molar-refractivity contribution is 0.0514. The molecule has 0 aliphatic carbocycles. The molecule has 0 spiro atoms. The molecule has 1 aromatic rings. The van der Waals surface area contributed by atoms with Gasteiger partial charge in [0.2, 0.25) is 0 Å². The van der Waals surface area contributed by atoms with Crippen LogP contribution in [0.3, 0.4) is 0 Å². The second kappa shape index (κ2) is 13.7. The van der Waals surface area contributed by atoms with Crippen molar-refractivity contribution in [3.8, 4) is 5.75 Å². The smallest absolute Gasteiger partial charge is 0.357 e. The minimum Gasteiger partial charge on any atom is -0.489 e. The van der Waals surface area contributed by atoms with Crippen molar-refractivity contribution < 1.29 is 18.7 Å². The van der Waals surface area contributed by atoms with Crippen LogP contribution in [-0.4, -0.2) is 24.2 Å². The first-order chi connectivity index (χ1) is 12.2. The van der Waals surface area contributed by atoms with Gasteiger partial charge in [0.15, 0.2) is 17.3 Å². The first-order valence-electron chi connectivity index (χ1n) is 9.87. The minimum absolute atomic E-state index is 0.0927. The summed E-state index contributed by atoms with van der Waals surface area (Å²) in [5, 5.41) is 0. The van der Waals surface area contributed by atoms with E-state index in [9.17, 15) is 9.18 Å². The van der Waals surface area contributed by atoms with E-state index in [0.29, 0.717) is 6.61 Å². The molecule has 1 N–H and O–H groups in total. The van der Waals surface area contributed by atoms with E-state index in [4.69, 9.17) is 9.47 Å². The number of rotatable bonds is 15. The van der Waals surface area contributed by atoms with Crippen LogP contribution in [0.4, 0.5) is 4.39 Å². The Bertz CT molecular complexity index is 474. The predicted octanol–water partition coefficient (Wildman–Crippen LogP) is 6.02. The number of halogens is 1. The number of hydrogen-bond donors (Lipinski definition) is 1. The zero-order valence-electron chi connectivity index (χ0n) is 15.9. The van der Waals surface area contributed by atoms with Crippen molar-refractivity contribution in [3.63, 3.8) is 0 Å². The van der Waals surface area contributed by atoms with Crippen molar-refractivity contribution in [1.82, 2.24) is 4.98 Å². The van der Waals surface area contributed by atoms with Gasteiger partial charge in [-0.25, -0.2) is 9.18 Å². The van der Waals surface area contributed by atoms with Crippen LogP contribution >= 0.6 is 0 Å². The fourth-order valence-corrected chi connectivity index (χ4v) is 2.79. The Balaban J connectivity index is 2.02. The monoisotopic (exact) mass is 355 g/mol. The first-order valence-corrected chi connectivity index (χ1v) is 9.87. The van der Waals surface area contributed by atoms with Crippen LogP contribution in [0.15, 0.2) is 6.20 Å². The van der Waals surface area contributed by atoms with Crippen LogP contribution in [0.2, 0.25) is 0 Å². The summed E-state index contributed by atoms with van der Waals surface area (Å²) in [5.74, 6) is -1.26. The number of aromatic amines is 1. The van der Waals surface area contributed by atoms with E-state index in [0.717, 1.165) is 12.8 Å². The topological polar surface area (TPSA) is 51.3 Å². The van der Waals surface area contributed by atoms with Crippen molar-refractivity contribution in [3.05, 3.63) is 17.7 Å². The Hall–Kier alpha value is -1.52. The van der Waals surface area contributed by atoms with Gasteiger partial charge in [0.1, 0.15) is 0 Å². The molecule has 1 heterocycles. The Labute approximate surface area is 151 Å². The summed E-state index contributed by atoms with van der Waals surface area (Å²) in [7, 11) is 0. The summed E-state index contributed by atoms with van der Waals surface area (Å²) in [6.07, 6.45) is 15.2. The Kier molecular flexibility index (Phi) is 11.8. The summed E-state index contributed by atoms with van der Waals surface area (Å²) >= 11 is 0. The molecule has 0 saturated heterocycles. The highest BCUT2D eigenvalue weighted by molar-refractivity contribution is 5.88. The molecule has 0 bridgehead atoms. The number of hydrogen-bond acceptors (Lipinski definition) is 3. The number of unbranched alkanes of at least 4 members (excludes halogenated alkanes) is 10. The fraction of sp³-hybridized carbons (Fsp3) is 0.750. The van der Waals surface area contributed by atoms with E-state index in [-0.39, 0.29) is 18.1 Å². The number of carbonyl (C=O) groups excluding carboxylic acids is 1. The Morgan fingerprint density at radius 3 is 2.08 bits per heavy atom. The molecule has 0 unspecified atom stereocenters. The highest BCUT2D eigenvalue weighted by Crippen LogP contribution is 2.21. The summed E-state index contributed by atoms with van der Waals surface area (Å²) in [4.78, 5) is 14.1. The van der Waals surface area contributed by atoms with Gasteiger partial charge in [0.05, 0.1) is 13.2 Å². The van der Waals surface area contributed by atoms with Gasteiger partial charge < -0.3 is 14.5 Å². The van der Waals surface area contributed by atoms with Crippen molar-refractivity contribution >= 4 is 5.97 Å². The highest BCUT2D eigenvalue weighted by atomic mass is 19.1. The van der Waals surface area contributed by atoms with Crippen LogP contribution in [0.1, 0.15) is 95.0 Å². The van der Waals surface area contributed by atoms with Gasteiger partial charge in [-0.15, -0.1) is 0 Å². The zero-order valence-corrected chi connectivity index (χ0v) is 15.9. The van der Waals surface area contributed by atoms with Crippen molar-refractivity contribution in [2.45, 2.75) is 84.5 Å². The molecule has 1 rings (SSSR count). The Morgan fingerprint density at radius 2 is 1.52 bits per heavy atom. The molecule has 4 nitrogen and oxygen atoms in total. The van der Waals surface area contributed by atoms with E-state index < -0.39 is 11.8 Å². The summed E-state index contributed by atoms with van der Waals surface area (Å²) in [5.41, 5.74) is -0.171. The SMILES string of the molecule is CCCCCCCCCCCCCOc1c[nH]c(C(=O)OCC)c1F. The second-order valence-corrected chi connectivity index (χ2v) is 6.45. The normalized spacial score (nSPS) is 10.8. The van der Waals surface area contributed by atoms with E-state index in [1.165, 1.54) is 64.0 Å². The quantitative estimate of drug-likeness (QED) is 0.309. The maximum Gasteiger partial charge on any atom is 0.357 e. The number of esters is 1. The van der Waals surface area contributed by atoms with Gasteiger partial charge in [0, 0.05) is 6.20 Å². The van der Waals surface area contributed by atoms with Crippen LogP contribution < -0.4 is 4.74 Å². The van der Waals surface area contributed by atoms with E-state index in [2.05, 4.69) is 11.9 Å². The van der Waals surface area contributed by atoms with Gasteiger partial charge in [-0.05, 0) is 13.3 Å². The molecule has 0 radical (unpaired) electrons. The van der Waals surface area contributed by atoms with Gasteiger partial charge in [-0.2, -0.15) is 0 Å². The molecule has 1 aromatic heterocycles. The number of H-pyrrole nitrogens is 1. The highest BCUT2D eigenvalue weighted by Gasteiger charge is 2.19. The number of nitrogens with one attached hydrogen (secondary N) is 1. The van der Waals surface area contributed by atoms with E-state index >= 15 is 0 Å². The van der Waals surface area contributed by atoms with Gasteiger partial charge in [0.25, 0.3) is 0 Å². The van der Waals surface area contributed by atoms with Crippen molar-refractivity contribution in [1.29, 1.82) is 0 Å². The summed E-state index contributed by atoms with van der Waals surface area (Å²) in [6, 6.07) is 0. The van der Waals surface area contributed by atoms with Crippen LogP contribution in [0.5, 0.6) is 5.75 Å². The minimum atomic E-state index is -0.690. The molecule has 0 saturated carbocycles. The summed E-state index contributed by atoms with van der Waals surface area (Å²) < 4.78 is 24.2. The van der Waals surface area contributed by atoms with Crippen LogP contribution in [-0.2, 0) is 4.74 Å². The summed E-state index contributed by atoms with van der Waals surface area (Å²) in [6.45, 7) is 4.61. The van der Waals surface area contributed by atoms with Crippen molar-refractivity contribution in [2.75, 3.05) is 13.2 Å². The molecule has 0 aromatic carbocycles. The standard InChI is InChI=1S/C20H34FNO3/c1-3-5-6-7-8-9-10-11-12-13-14-15-25-17-16-22-19(18(17)21)20(23)24-4-2/h16,22H,3-15H2,1-2H3. The molecule has 0 atom stereocenters. The molecule has 144 valence electrons. The molecule has 5 heteroatoms. The third kappa shape index (κ3) is 8.94. The lowest BCUT2D eigenvalue weighted by atomic mass is 10.1. The number of aromatic nitrogens is 1. The molecule has 25 heavy (non-hydrogen) atoms. The molecule has 0 aliphatic heterocycles. The maximum absolute atomic E-state index is 14.0. The average Bonchev–Trinajstić information content (AvgIpc) is 2.97. The molecular formula is C20H34FNO3. The first kappa shape index (κ1) is 21.5. The zero-order chi connectivity index (χ0) is 18.3. The van der Waals surface area contributed by atoms with Crippen LogP contribution in [0.25, 0.3) is 0 Å². The van der Waals surface area contributed by atoms with E-state index in [1.807, 2.05) is 0 Å². The molecule has 0 fully saturated rings. The lowest BCUT2D eigenvalue weighted by Crippen LogP contribution is -2.07. The second-order valence-electron chi connectivity index (χ2n) is 6.45. The number of carbonyl (C=O) groups is 1. The third-order valence-corrected chi connectivity index (χ3v) is 4.27. The van der Waals surface area contributed by atoms with Gasteiger partial charge in [-0.3, -0.25) is 0 Å². The Morgan fingerprint density at radius 1 is 0.960 bits per heavy atom. The molecule has 0 aliphatic rings. The molecule has 0 amide bonds. The maximum atomic E-state index is 14.0. The number of ether oxygens (including phenoxy) is 2. The van der Waals surface area contributed by atoms with Gasteiger partial charge in [-0.1, -0.05) is 71.1 Å². The predicted molar refractivity (Wildman–Crippen MR) is 98.7 cm³/mol. The fourth-order valence-electron chi connectivity index (χ4n) is 2.79. The largest absolute Gasteiger partial charge is 0.489 e. The molecular weight excluding hydrogens is 321 g/mol. The van der Waals surface area contributed by atoms with Crippen molar-refractivity contribution in [2.24, 2.45) is 0 Å². The van der Waals surface area contributed by atoms with Gasteiger partial charge >= 0.3 is 5.97 Å².